The molecule has 324 valence electrons. The summed E-state index contributed by atoms with van der Waals surface area (Å²) < 4.78 is 49.0. The van der Waals surface area contributed by atoms with Crippen molar-refractivity contribution in [2.75, 3.05) is 0 Å². The SMILES string of the molecule is Cc1ccc2c(oc3ccccc32)c1-c1cc(-c2cc(C(C)C)c(F)c(C(C)Cc3ccc4oc5c(-c6cc(-c7ccc(F)c(C(C)C)c7)cc[n+]6C)c(C)ccc5c4c3)c2)cc[n+]1C. The molecule has 4 heterocycles. The molecule has 0 amide bonds. The van der Waals surface area contributed by atoms with E-state index in [1.807, 2.05) is 57.3 Å². The summed E-state index contributed by atoms with van der Waals surface area (Å²) in [6.45, 7) is 14.5. The number of aryl methyl sites for hydroxylation is 4. The molecular formula is C59H54F2N2O2+2. The van der Waals surface area contributed by atoms with Gasteiger partial charge in [-0.15, -0.1) is 0 Å². The molecule has 0 aliphatic heterocycles. The van der Waals surface area contributed by atoms with Gasteiger partial charge in [-0.3, -0.25) is 0 Å². The second kappa shape index (κ2) is 16.3. The van der Waals surface area contributed by atoms with Gasteiger partial charge >= 0.3 is 0 Å². The Morgan fingerprint density at radius 2 is 1.03 bits per heavy atom. The Balaban J connectivity index is 1.01. The molecule has 1 atom stereocenters. The average molecular weight is 861 g/mol. The number of aromatic nitrogens is 2. The van der Waals surface area contributed by atoms with Gasteiger partial charge in [0.05, 0.1) is 11.1 Å². The number of rotatable bonds is 9. The largest absolute Gasteiger partial charge is 0.455 e. The lowest BCUT2D eigenvalue weighted by Gasteiger charge is -2.19. The van der Waals surface area contributed by atoms with Crippen molar-refractivity contribution in [2.24, 2.45) is 14.1 Å². The molecule has 6 aromatic carbocycles. The zero-order chi connectivity index (χ0) is 45.4. The van der Waals surface area contributed by atoms with Gasteiger partial charge in [0.2, 0.25) is 11.4 Å². The van der Waals surface area contributed by atoms with Gasteiger partial charge in [0.15, 0.2) is 12.4 Å². The zero-order valence-electron chi connectivity index (χ0n) is 38.6. The zero-order valence-corrected chi connectivity index (χ0v) is 38.6. The molecule has 4 nitrogen and oxygen atoms in total. The molecule has 0 aliphatic rings. The number of fused-ring (bicyclic) bond motifs is 6. The fraction of sp³-hybridized carbons (Fsp3) is 0.220. The van der Waals surface area contributed by atoms with Gasteiger partial charge in [-0.1, -0.05) is 89.2 Å². The third kappa shape index (κ3) is 7.29. The minimum Gasteiger partial charge on any atom is -0.455 e. The summed E-state index contributed by atoms with van der Waals surface area (Å²) in [6.07, 6.45) is 4.80. The Labute approximate surface area is 379 Å². The molecule has 10 rings (SSSR count). The lowest BCUT2D eigenvalue weighted by molar-refractivity contribution is -0.660. The van der Waals surface area contributed by atoms with E-state index in [2.05, 4.69) is 142 Å². The van der Waals surface area contributed by atoms with Gasteiger partial charge in [0.1, 0.15) is 48.1 Å². The Bertz CT molecular complexity index is 3520. The van der Waals surface area contributed by atoms with Gasteiger partial charge in [-0.2, -0.15) is 0 Å². The van der Waals surface area contributed by atoms with Crippen molar-refractivity contribution in [2.45, 2.75) is 72.6 Å². The third-order valence-electron chi connectivity index (χ3n) is 13.6. The number of hydrogen-bond acceptors (Lipinski definition) is 2. The average Bonchev–Trinajstić information content (AvgIpc) is 3.85. The van der Waals surface area contributed by atoms with Gasteiger partial charge < -0.3 is 8.83 Å². The molecule has 0 spiro atoms. The Morgan fingerprint density at radius 3 is 1.66 bits per heavy atom. The van der Waals surface area contributed by atoms with Gasteiger partial charge in [-0.25, -0.2) is 17.9 Å². The molecule has 0 saturated heterocycles. The van der Waals surface area contributed by atoms with Crippen molar-refractivity contribution >= 4 is 43.9 Å². The van der Waals surface area contributed by atoms with Crippen LogP contribution < -0.4 is 9.13 Å². The fourth-order valence-electron chi connectivity index (χ4n) is 9.88. The minimum atomic E-state index is -0.180. The molecule has 6 heteroatoms. The summed E-state index contributed by atoms with van der Waals surface area (Å²) in [5.41, 5.74) is 16.9. The van der Waals surface area contributed by atoms with E-state index in [9.17, 15) is 4.39 Å². The van der Waals surface area contributed by atoms with E-state index < -0.39 is 0 Å². The van der Waals surface area contributed by atoms with Crippen molar-refractivity contribution in [3.8, 4) is 44.8 Å². The first-order valence-electron chi connectivity index (χ1n) is 22.7. The number of nitrogens with zero attached hydrogens (tertiary/aromatic N) is 2. The summed E-state index contributed by atoms with van der Waals surface area (Å²) in [5.74, 6) is -0.360. The molecule has 0 aliphatic carbocycles. The number of benzene rings is 6. The van der Waals surface area contributed by atoms with Crippen molar-refractivity contribution in [3.63, 3.8) is 0 Å². The maximum absolute atomic E-state index is 16.8. The molecule has 0 radical (unpaired) electrons. The Kier molecular flexibility index (Phi) is 10.5. The first kappa shape index (κ1) is 42.1. The van der Waals surface area contributed by atoms with E-state index in [-0.39, 0.29) is 29.4 Å². The van der Waals surface area contributed by atoms with Crippen LogP contribution in [0.2, 0.25) is 0 Å². The summed E-state index contributed by atoms with van der Waals surface area (Å²) in [5, 5.41) is 4.25. The van der Waals surface area contributed by atoms with Crippen LogP contribution in [0.1, 0.15) is 85.8 Å². The van der Waals surface area contributed by atoms with E-state index in [1.165, 1.54) is 0 Å². The van der Waals surface area contributed by atoms with Crippen LogP contribution in [0.5, 0.6) is 0 Å². The van der Waals surface area contributed by atoms with E-state index in [1.54, 1.807) is 6.07 Å². The second-order valence-electron chi connectivity index (χ2n) is 18.7. The highest BCUT2D eigenvalue weighted by atomic mass is 19.1. The fourth-order valence-corrected chi connectivity index (χ4v) is 9.88. The Hall–Kier alpha value is -6.92. The first-order chi connectivity index (χ1) is 31.2. The van der Waals surface area contributed by atoms with Crippen LogP contribution in [-0.2, 0) is 20.5 Å². The van der Waals surface area contributed by atoms with Crippen LogP contribution in [0.15, 0.2) is 143 Å². The number of furan rings is 2. The summed E-state index contributed by atoms with van der Waals surface area (Å²) in [7, 11) is 4.11. The highest BCUT2D eigenvalue weighted by Gasteiger charge is 2.26. The molecule has 0 N–H and O–H groups in total. The summed E-state index contributed by atoms with van der Waals surface area (Å²) in [4.78, 5) is 0. The van der Waals surface area contributed by atoms with Crippen LogP contribution in [-0.4, -0.2) is 0 Å². The van der Waals surface area contributed by atoms with Crippen molar-refractivity contribution in [1.29, 1.82) is 0 Å². The molecule has 1 unspecified atom stereocenters. The monoisotopic (exact) mass is 860 g/mol. The lowest BCUT2D eigenvalue weighted by atomic mass is 9.86. The summed E-state index contributed by atoms with van der Waals surface area (Å²) in [6, 6.07) is 41.3. The number of halogens is 2. The van der Waals surface area contributed by atoms with Gasteiger partial charge in [-0.05, 0) is 136 Å². The highest BCUT2D eigenvalue weighted by Crippen LogP contribution is 2.41. The molecule has 0 saturated carbocycles. The molecule has 4 aromatic heterocycles. The molecule has 0 bridgehead atoms. The number of hydrogen-bond donors (Lipinski definition) is 0. The van der Waals surface area contributed by atoms with Crippen molar-refractivity contribution in [1.82, 2.24) is 0 Å². The lowest BCUT2D eigenvalue weighted by Crippen LogP contribution is -2.30. The van der Waals surface area contributed by atoms with Gasteiger partial charge in [0, 0.05) is 45.8 Å². The quantitative estimate of drug-likeness (QED) is 0.136. The number of para-hydroxylation sites is 1. The standard InChI is InChI=1S/C59H54F2N2O2/c1-33(2)46-28-39(17-20-50(46)60)40-22-24-62(8)51(31-40)56-36(6)15-19-45-49-27-38(16-21-54(49)65-59(45)56)26-37(7)48-30-42(29-47(34(3)4)57(48)61)41-23-25-63(9)52(32-41)55-35(5)14-18-44-43-12-10-11-13-53(43)64-58(44)55/h10-25,27-34,37H,26H2,1-9H3/q+2. The van der Waals surface area contributed by atoms with Crippen LogP contribution in [0.4, 0.5) is 8.78 Å². The summed E-state index contributed by atoms with van der Waals surface area (Å²) >= 11 is 0. The third-order valence-corrected chi connectivity index (χ3v) is 13.6. The predicted molar refractivity (Wildman–Crippen MR) is 261 cm³/mol. The van der Waals surface area contributed by atoms with E-state index in [0.717, 1.165) is 105 Å². The molecule has 10 aromatic rings. The normalized spacial score (nSPS) is 12.5. The van der Waals surface area contributed by atoms with E-state index in [4.69, 9.17) is 8.83 Å². The maximum Gasteiger partial charge on any atom is 0.216 e. The van der Waals surface area contributed by atoms with Crippen molar-refractivity contribution < 1.29 is 26.7 Å². The molecular weight excluding hydrogens is 807 g/mol. The Morgan fingerprint density at radius 1 is 0.492 bits per heavy atom. The van der Waals surface area contributed by atoms with Crippen LogP contribution in [0.3, 0.4) is 0 Å². The van der Waals surface area contributed by atoms with Crippen LogP contribution in [0, 0.1) is 25.5 Å². The minimum absolute atomic E-state index is 0.00581. The van der Waals surface area contributed by atoms with E-state index in [0.29, 0.717) is 23.1 Å². The highest BCUT2D eigenvalue weighted by molar-refractivity contribution is 6.11. The number of pyridine rings is 2. The van der Waals surface area contributed by atoms with E-state index >= 15 is 4.39 Å². The molecule has 65 heavy (non-hydrogen) atoms. The smallest absolute Gasteiger partial charge is 0.216 e. The maximum atomic E-state index is 16.8. The van der Waals surface area contributed by atoms with Crippen LogP contribution >= 0.6 is 0 Å². The topological polar surface area (TPSA) is 34.0 Å². The van der Waals surface area contributed by atoms with Crippen molar-refractivity contribution in [3.05, 3.63) is 179 Å². The van der Waals surface area contributed by atoms with Crippen LogP contribution in [0.25, 0.3) is 88.6 Å². The molecule has 0 fully saturated rings. The second-order valence-corrected chi connectivity index (χ2v) is 18.7. The predicted octanol–water partition coefficient (Wildman–Crippen LogP) is 15.3. The first-order valence-corrected chi connectivity index (χ1v) is 22.7. The van der Waals surface area contributed by atoms with Gasteiger partial charge in [0.25, 0.3) is 0 Å².